The molecule has 2 N–H and O–H groups in total. The zero-order valence-electron chi connectivity index (χ0n) is 10.1. The van der Waals surface area contributed by atoms with Crippen LogP contribution in [0, 0.1) is 11.3 Å². The van der Waals surface area contributed by atoms with Gasteiger partial charge in [-0.2, -0.15) is 0 Å². The first-order valence-corrected chi connectivity index (χ1v) is 5.21. The molecule has 0 heterocycles. The fourth-order valence-corrected chi connectivity index (χ4v) is 1.59. The number of carbonyl (C=O) groups is 1. The van der Waals surface area contributed by atoms with Gasteiger partial charge in [-0.15, -0.1) is 0 Å². The van der Waals surface area contributed by atoms with Crippen LogP contribution in [0.3, 0.4) is 0 Å². The smallest absolute Gasteiger partial charge is 0.231 e. The van der Waals surface area contributed by atoms with E-state index in [1.807, 2.05) is 0 Å². The number of hydrogen-bond acceptors (Lipinski definition) is 2. The molecule has 84 valence electrons. The molecule has 0 aliphatic rings. The van der Waals surface area contributed by atoms with Crippen LogP contribution < -0.4 is 5.73 Å². The zero-order chi connectivity index (χ0) is 11.4. The molecular weight excluding hydrogens is 176 g/mol. The summed E-state index contributed by atoms with van der Waals surface area (Å²) in [5.41, 5.74) is 5.42. The first kappa shape index (κ1) is 13.4. The molecule has 0 aliphatic heterocycles. The van der Waals surface area contributed by atoms with Crippen molar-refractivity contribution in [2.24, 2.45) is 17.1 Å². The molecule has 0 fully saturated rings. The minimum Gasteiger partial charge on any atom is -0.369 e. The van der Waals surface area contributed by atoms with E-state index in [9.17, 15) is 4.79 Å². The molecule has 0 aromatic rings. The molecule has 0 radical (unpaired) electrons. The van der Waals surface area contributed by atoms with Crippen LogP contribution in [-0.2, 0) is 4.79 Å². The van der Waals surface area contributed by atoms with Gasteiger partial charge in [0.2, 0.25) is 5.91 Å². The highest BCUT2D eigenvalue weighted by atomic mass is 16.1. The van der Waals surface area contributed by atoms with Crippen molar-refractivity contribution in [3.63, 3.8) is 0 Å². The molecule has 3 heteroatoms. The summed E-state index contributed by atoms with van der Waals surface area (Å²) >= 11 is 0. The van der Waals surface area contributed by atoms with Crippen LogP contribution in [0.5, 0.6) is 0 Å². The predicted molar refractivity (Wildman–Crippen MR) is 59.9 cm³/mol. The number of amides is 1. The molecule has 0 saturated heterocycles. The van der Waals surface area contributed by atoms with E-state index >= 15 is 0 Å². The lowest BCUT2D eigenvalue weighted by atomic mass is 9.95. The number of rotatable bonds is 5. The van der Waals surface area contributed by atoms with Gasteiger partial charge in [-0.25, -0.2) is 0 Å². The van der Waals surface area contributed by atoms with Gasteiger partial charge < -0.3 is 5.73 Å². The van der Waals surface area contributed by atoms with Gasteiger partial charge >= 0.3 is 0 Å². The molecule has 0 aromatic carbocycles. The first-order chi connectivity index (χ1) is 6.20. The van der Waals surface area contributed by atoms with E-state index < -0.39 is 0 Å². The molecular formula is C11H24N2O. The quantitative estimate of drug-likeness (QED) is 0.730. The zero-order valence-corrected chi connectivity index (χ0v) is 10.1. The maximum atomic E-state index is 10.9. The second-order valence-electron chi connectivity index (χ2n) is 5.59. The minimum atomic E-state index is -0.241. The summed E-state index contributed by atoms with van der Waals surface area (Å²) in [7, 11) is 0. The van der Waals surface area contributed by atoms with Crippen molar-refractivity contribution in [1.82, 2.24) is 4.90 Å². The second-order valence-corrected chi connectivity index (χ2v) is 5.59. The van der Waals surface area contributed by atoms with E-state index in [0.717, 1.165) is 13.1 Å². The molecule has 3 nitrogen and oxygen atoms in total. The van der Waals surface area contributed by atoms with Crippen molar-refractivity contribution < 1.29 is 4.79 Å². The Morgan fingerprint density at radius 1 is 1.36 bits per heavy atom. The summed E-state index contributed by atoms with van der Waals surface area (Å²) in [5.74, 6) is 0.326. The lowest BCUT2D eigenvalue weighted by Crippen LogP contribution is -2.40. The highest BCUT2D eigenvalue weighted by Crippen LogP contribution is 2.15. The fourth-order valence-electron chi connectivity index (χ4n) is 1.59. The topological polar surface area (TPSA) is 46.3 Å². The van der Waals surface area contributed by atoms with E-state index in [2.05, 4.69) is 39.5 Å². The Morgan fingerprint density at radius 3 is 2.14 bits per heavy atom. The number of primary amides is 1. The Bertz CT molecular complexity index is 182. The molecule has 0 atom stereocenters. The summed E-state index contributed by atoms with van der Waals surface area (Å²) in [5, 5.41) is 0. The van der Waals surface area contributed by atoms with Gasteiger partial charge in [-0.1, -0.05) is 34.6 Å². The van der Waals surface area contributed by atoms with Crippen LogP contribution in [0.15, 0.2) is 0 Å². The van der Waals surface area contributed by atoms with Crippen LogP contribution in [-0.4, -0.2) is 30.4 Å². The van der Waals surface area contributed by atoms with Crippen molar-refractivity contribution in [3.8, 4) is 0 Å². The van der Waals surface area contributed by atoms with Crippen LogP contribution in [0.4, 0.5) is 0 Å². The van der Waals surface area contributed by atoms with Crippen molar-refractivity contribution >= 4 is 5.91 Å². The van der Waals surface area contributed by atoms with E-state index in [1.165, 1.54) is 0 Å². The monoisotopic (exact) mass is 200 g/mol. The van der Waals surface area contributed by atoms with Gasteiger partial charge in [0, 0.05) is 13.1 Å². The maximum Gasteiger partial charge on any atom is 0.231 e. The van der Waals surface area contributed by atoms with Crippen molar-refractivity contribution in [2.45, 2.75) is 34.6 Å². The molecule has 0 aromatic heterocycles. The molecule has 0 bridgehead atoms. The molecule has 0 unspecified atom stereocenters. The molecule has 0 aliphatic carbocycles. The van der Waals surface area contributed by atoms with E-state index in [-0.39, 0.29) is 11.3 Å². The van der Waals surface area contributed by atoms with Crippen LogP contribution >= 0.6 is 0 Å². The largest absolute Gasteiger partial charge is 0.369 e. The van der Waals surface area contributed by atoms with Crippen LogP contribution in [0.2, 0.25) is 0 Å². The van der Waals surface area contributed by atoms with Gasteiger partial charge in [-0.3, -0.25) is 9.69 Å². The predicted octanol–water partition coefficient (Wildman–Crippen LogP) is 1.48. The van der Waals surface area contributed by atoms with Gasteiger partial charge in [0.05, 0.1) is 6.54 Å². The average molecular weight is 200 g/mol. The molecule has 0 saturated carbocycles. The third-order valence-corrected chi connectivity index (χ3v) is 1.70. The van der Waals surface area contributed by atoms with Crippen molar-refractivity contribution in [2.75, 3.05) is 19.6 Å². The van der Waals surface area contributed by atoms with E-state index in [1.54, 1.807) is 0 Å². The Morgan fingerprint density at radius 2 is 1.86 bits per heavy atom. The third kappa shape index (κ3) is 8.05. The van der Waals surface area contributed by atoms with Gasteiger partial charge in [0.1, 0.15) is 0 Å². The Kier molecular flexibility index (Phi) is 5.13. The van der Waals surface area contributed by atoms with Crippen LogP contribution in [0.25, 0.3) is 0 Å². The molecule has 0 spiro atoms. The normalized spacial score (nSPS) is 12.5. The molecule has 14 heavy (non-hydrogen) atoms. The highest BCUT2D eigenvalue weighted by molar-refractivity contribution is 5.75. The Hall–Kier alpha value is -0.570. The standard InChI is InChI=1S/C11H24N2O/c1-9(2)6-13(7-10(12)14)8-11(3,4)5/h9H,6-8H2,1-5H3,(H2,12,14). The Balaban J connectivity index is 4.17. The van der Waals surface area contributed by atoms with Crippen LogP contribution in [0.1, 0.15) is 34.6 Å². The SMILES string of the molecule is CC(C)CN(CC(N)=O)CC(C)(C)C. The lowest BCUT2D eigenvalue weighted by Gasteiger charge is -2.30. The summed E-state index contributed by atoms with van der Waals surface area (Å²) in [6, 6.07) is 0. The van der Waals surface area contributed by atoms with Crippen molar-refractivity contribution in [3.05, 3.63) is 0 Å². The average Bonchev–Trinajstić information content (AvgIpc) is 1.77. The molecule has 0 rings (SSSR count). The highest BCUT2D eigenvalue weighted by Gasteiger charge is 2.18. The summed E-state index contributed by atoms with van der Waals surface area (Å²) in [6.07, 6.45) is 0. The Labute approximate surface area is 87.6 Å². The lowest BCUT2D eigenvalue weighted by molar-refractivity contribution is -0.119. The molecule has 1 amide bonds. The fraction of sp³-hybridized carbons (Fsp3) is 0.909. The number of carbonyl (C=O) groups excluding carboxylic acids is 1. The van der Waals surface area contributed by atoms with Gasteiger partial charge in [0.25, 0.3) is 0 Å². The number of hydrogen-bond donors (Lipinski definition) is 1. The second kappa shape index (κ2) is 5.35. The number of nitrogens with zero attached hydrogens (tertiary/aromatic N) is 1. The van der Waals surface area contributed by atoms with E-state index in [0.29, 0.717) is 12.5 Å². The third-order valence-electron chi connectivity index (χ3n) is 1.70. The summed E-state index contributed by atoms with van der Waals surface area (Å²) in [6.45, 7) is 13.0. The summed E-state index contributed by atoms with van der Waals surface area (Å²) < 4.78 is 0. The maximum absolute atomic E-state index is 10.9. The van der Waals surface area contributed by atoms with Crippen molar-refractivity contribution in [1.29, 1.82) is 0 Å². The summed E-state index contributed by atoms with van der Waals surface area (Å²) in [4.78, 5) is 13.0. The number of nitrogens with two attached hydrogens (primary N) is 1. The first-order valence-electron chi connectivity index (χ1n) is 5.21. The minimum absolute atomic E-state index is 0.213. The van der Waals surface area contributed by atoms with Gasteiger partial charge in [-0.05, 0) is 11.3 Å². The van der Waals surface area contributed by atoms with E-state index in [4.69, 9.17) is 5.73 Å². The van der Waals surface area contributed by atoms with Gasteiger partial charge in [0.15, 0.2) is 0 Å².